The topological polar surface area (TPSA) is 48.4 Å². The molecule has 1 aromatic carbocycles. The molecule has 0 amide bonds. The number of thiazole rings is 1. The lowest BCUT2D eigenvalue weighted by Crippen LogP contribution is -2.02. The fourth-order valence-electron chi connectivity index (χ4n) is 1.64. The Labute approximate surface area is 109 Å². The number of benzene rings is 1. The molecule has 0 unspecified atom stereocenters. The molecule has 18 heavy (non-hydrogen) atoms. The van der Waals surface area contributed by atoms with Crippen LogP contribution in [-0.4, -0.2) is 25.2 Å². The molecule has 0 aliphatic heterocycles. The second kappa shape index (κ2) is 5.18. The highest BCUT2D eigenvalue weighted by molar-refractivity contribution is 7.09. The van der Waals surface area contributed by atoms with Gasteiger partial charge in [0.15, 0.2) is 0 Å². The number of ether oxygens (including phenoxy) is 2. The summed E-state index contributed by atoms with van der Waals surface area (Å²) in [6.45, 7) is 1.94. The third-order valence-corrected chi connectivity index (χ3v) is 3.29. The van der Waals surface area contributed by atoms with Gasteiger partial charge in [-0.25, -0.2) is 9.78 Å². The van der Waals surface area contributed by atoms with E-state index in [1.807, 2.05) is 12.3 Å². The quantitative estimate of drug-likeness (QED) is 0.799. The average molecular weight is 263 g/mol. The molecule has 0 spiro atoms. The highest BCUT2D eigenvalue weighted by Crippen LogP contribution is 2.31. The Hall–Kier alpha value is -1.88. The van der Waals surface area contributed by atoms with Crippen molar-refractivity contribution in [3.8, 4) is 17.0 Å². The van der Waals surface area contributed by atoms with Gasteiger partial charge in [0, 0.05) is 10.9 Å². The molecule has 0 atom stereocenters. The molecule has 5 heteroatoms. The Morgan fingerprint density at radius 2 is 2.11 bits per heavy atom. The van der Waals surface area contributed by atoms with Gasteiger partial charge in [-0.3, -0.25) is 0 Å². The molecule has 0 bridgehead atoms. The minimum absolute atomic E-state index is 0.370. The van der Waals surface area contributed by atoms with Gasteiger partial charge in [0.2, 0.25) is 0 Å². The van der Waals surface area contributed by atoms with E-state index >= 15 is 0 Å². The van der Waals surface area contributed by atoms with Crippen molar-refractivity contribution in [2.75, 3.05) is 14.2 Å². The van der Waals surface area contributed by atoms with E-state index in [4.69, 9.17) is 9.47 Å². The monoisotopic (exact) mass is 263 g/mol. The largest absolute Gasteiger partial charge is 0.496 e. The zero-order valence-corrected chi connectivity index (χ0v) is 11.2. The number of rotatable bonds is 3. The Kier molecular flexibility index (Phi) is 3.62. The molecule has 0 aliphatic rings. The maximum atomic E-state index is 11.5. The van der Waals surface area contributed by atoms with Gasteiger partial charge < -0.3 is 9.47 Å². The van der Waals surface area contributed by atoms with Crippen LogP contribution in [0.4, 0.5) is 0 Å². The van der Waals surface area contributed by atoms with E-state index in [1.165, 1.54) is 7.11 Å². The number of methoxy groups -OCH3 is 2. The minimum Gasteiger partial charge on any atom is -0.496 e. The van der Waals surface area contributed by atoms with Crippen molar-refractivity contribution in [2.24, 2.45) is 0 Å². The number of carbonyl (C=O) groups is 1. The van der Waals surface area contributed by atoms with Crippen molar-refractivity contribution in [2.45, 2.75) is 6.92 Å². The third-order valence-electron chi connectivity index (χ3n) is 2.52. The zero-order chi connectivity index (χ0) is 13.1. The van der Waals surface area contributed by atoms with Crippen LogP contribution in [0.5, 0.6) is 5.75 Å². The first-order valence-corrected chi connectivity index (χ1v) is 6.22. The van der Waals surface area contributed by atoms with Crippen LogP contribution in [0.3, 0.4) is 0 Å². The molecular formula is C13H13NO3S. The predicted octanol–water partition coefficient (Wildman–Crippen LogP) is 2.91. The van der Waals surface area contributed by atoms with Gasteiger partial charge in [-0.05, 0) is 25.1 Å². The molecule has 1 aromatic heterocycles. The fourth-order valence-corrected chi connectivity index (χ4v) is 2.25. The standard InChI is InChI=1S/C13H13NO3S/c1-8-14-11(7-18-8)10-6-9(13(15)17-3)4-5-12(10)16-2/h4-7H,1-3H3. The summed E-state index contributed by atoms with van der Waals surface area (Å²) in [5.41, 5.74) is 2.09. The highest BCUT2D eigenvalue weighted by Gasteiger charge is 2.13. The second-order valence-electron chi connectivity index (χ2n) is 3.66. The van der Waals surface area contributed by atoms with Gasteiger partial charge in [0.05, 0.1) is 30.5 Å². The van der Waals surface area contributed by atoms with Gasteiger partial charge in [-0.1, -0.05) is 0 Å². The van der Waals surface area contributed by atoms with Gasteiger partial charge in [0.25, 0.3) is 0 Å². The van der Waals surface area contributed by atoms with E-state index in [1.54, 1.807) is 36.6 Å². The smallest absolute Gasteiger partial charge is 0.337 e. The minimum atomic E-state index is -0.370. The highest BCUT2D eigenvalue weighted by atomic mass is 32.1. The zero-order valence-electron chi connectivity index (χ0n) is 10.4. The maximum Gasteiger partial charge on any atom is 0.337 e. The Morgan fingerprint density at radius 3 is 2.67 bits per heavy atom. The number of hydrogen-bond donors (Lipinski definition) is 0. The van der Waals surface area contributed by atoms with Gasteiger partial charge in [-0.15, -0.1) is 11.3 Å². The summed E-state index contributed by atoms with van der Waals surface area (Å²) in [6, 6.07) is 5.16. The van der Waals surface area contributed by atoms with Crippen molar-refractivity contribution >= 4 is 17.3 Å². The van der Waals surface area contributed by atoms with Crippen molar-refractivity contribution in [1.82, 2.24) is 4.98 Å². The van der Waals surface area contributed by atoms with Crippen molar-refractivity contribution in [3.05, 3.63) is 34.2 Å². The van der Waals surface area contributed by atoms with Crippen molar-refractivity contribution in [1.29, 1.82) is 0 Å². The van der Waals surface area contributed by atoms with E-state index < -0.39 is 0 Å². The summed E-state index contributed by atoms with van der Waals surface area (Å²) in [5.74, 6) is 0.318. The predicted molar refractivity (Wildman–Crippen MR) is 70.2 cm³/mol. The van der Waals surface area contributed by atoms with Gasteiger partial charge in [0.1, 0.15) is 5.75 Å². The van der Waals surface area contributed by atoms with Crippen LogP contribution in [-0.2, 0) is 4.74 Å². The fraction of sp³-hybridized carbons (Fsp3) is 0.231. The number of esters is 1. The van der Waals surface area contributed by atoms with E-state index in [-0.39, 0.29) is 5.97 Å². The SMILES string of the molecule is COC(=O)c1ccc(OC)c(-c2csc(C)n2)c1. The summed E-state index contributed by atoms with van der Waals surface area (Å²) in [7, 11) is 2.95. The van der Waals surface area contributed by atoms with E-state index in [2.05, 4.69) is 4.98 Å². The first-order chi connectivity index (χ1) is 8.65. The molecule has 0 radical (unpaired) electrons. The van der Waals surface area contributed by atoms with E-state index in [0.717, 1.165) is 16.3 Å². The van der Waals surface area contributed by atoms with Crippen LogP contribution >= 0.6 is 11.3 Å². The molecule has 0 fully saturated rings. The van der Waals surface area contributed by atoms with E-state index in [0.29, 0.717) is 11.3 Å². The van der Waals surface area contributed by atoms with E-state index in [9.17, 15) is 4.79 Å². The lowest BCUT2D eigenvalue weighted by molar-refractivity contribution is 0.0601. The number of hydrogen-bond acceptors (Lipinski definition) is 5. The summed E-state index contributed by atoms with van der Waals surface area (Å²) in [4.78, 5) is 15.9. The lowest BCUT2D eigenvalue weighted by atomic mass is 10.1. The molecule has 0 N–H and O–H groups in total. The summed E-state index contributed by atoms with van der Waals surface area (Å²) < 4.78 is 10.00. The number of aromatic nitrogens is 1. The van der Waals surface area contributed by atoms with Crippen LogP contribution in [0, 0.1) is 6.92 Å². The first kappa shape index (κ1) is 12.6. The normalized spacial score (nSPS) is 10.2. The number of aryl methyl sites for hydroxylation is 1. The molecular weight excluding hydrogens is 250 g/mol. The Balaban J connectivity index is 2.52. The second-order valence-corrected chi connectivity index (χ2v) is 4.72. The first-order valence-electron chi connectivity index (χ1n) is 5.34. The maximum absolute atomic E-state index is 11.5. The van der Waals surface area contributed by atoms with Crippen LogP contribution in [0.2, 0.25) is 0 Å². The van der Waals surface area contributed by atoms with Crippen LogP contribution in [0.15, 0.2) is 23.6 Å². The molecule has 94 valence electrons. The van der Waals surface area contributed by atoms with Gasteiger partial charge in [-0.2, -0.15) is 0 Å². The van der Waals surface area contributed by atoms with Crippen LogP contribution < -0.4 is 4.74 Å². The molecule has 0 saturated heterocycles. The molecule has 1 heterocycles. The molecule has 0 saturated carbocycles. The van der Waals surface area contributed by atoms with Gasteiger partial charge >= 0.3 is 5.97 Å². The molecule has 2 rings (SSSR count). The van der Waals surface area contributed by atoms with Crippen LogP contribution in [0.1, 0.15) is 15.4 Å². The van der Waals surface area contributed by atoms with Crippen molar-refractivity contribution in [3.63, 3.8) is 0 Å². The molecule has 2 aromatic rings. The van der Waals surface area contributed by atoms with Crippen molar-refractivity contribution < 1.29 is 14.3 Å². The Bertz CT molecular complexity index is 577. The third kappa shape index (κ3) is 2.36. The number of nitrogens with zero attached hydrogens (tertiary/aromatic N) is 1. The summed E-state index contributed by atoms with van der Waals surface area (Å²) in [5, 5.41) is 2.91. The molecule has 4 nitrogen and oxygen atoms in total. The number of carbonyl (C=O) groups excluding carboxylic acids is 1. The van der Waals surface area contributed by atoms with Crippen LogP contribution in [0.25, 0.3) is 11.3 Å². The lowest BCUT2D eigenvalue weighted by Gasteiger charge is -2.08. The Morgan fingerprint density at radius 1 is 1.33 bits per heavy atom. The molecule has 0 aliphatic carbocycles. The average Bonchev–Trinajstić information content (AvgIpc) is 2.83. The summed E-state index contributed by atoms with van der Waals surface area (Å²) in [6.07, 6.45) is 0. The summed E-state index contributed by atoms with van der Waals surface area (Å²) >= 11 is 1.56.